The number of carbonyl (C=O) groups excluding carboxylic acids is 1. The van der Waals surface area contributed by atoms with Gasteiger partial charge >= 0.3 is 0 Å². The van der Waals surface area contributed by atoms with Gasteiger partial charge in [0.15, 0.2) is 0 Å². The SMILES string of the molecule is CNc1cc(C2CCCN2C(=O)CN2CCOCC2)ccn1. The van der Waals surface area contributed by atoms with E-state index in [1.165, 1.54) is 5.56 Å². The molecule has 3 rings (SSSR count). The number of hydrogen-bond acceptors (Lipinski definition) is 5. The average molecular weight is 304 g/mol. The molecular formula is C16H24N4O2. The minimum Gasteiger partial charge on any atom is -0.379 e. The number of hydrogen-bond donors (Lipinski definition) is 1. The van der Waals surface area contributed by atoms with Crippen molar-refractivity contribution in [3.05, 3.63) is 23.9 Å². The van der Waals surface area contributed by atoms with E-state index in [0.717, 1.165) is 51.5 Å². The van der Waals surface area contributed by atoms with E-state index in [1.807, 2.05) is 30.3 Å². The van der Waals surface area contributed by atoms with Crippen LogP contribution in [0.2, 0.25) is 0 Å². The highest BCUT2D eigenvalue weighted by Gasteiger charge is 2.31. The third-order valence-electron chi connectivity index (χ3n) is 4.46. The monoisotopic (exact) mass is 304 g/mol. The lowest BCUT2D eigenvalue weighted by Gasteiger charge is -2.30. The summed E-state index contributed by atoms with van der Waals surface area (Å²) in [6, 6.07) is 4.25. The van der Waals surface area contributed by atoms with Crippen LogP contribution in [-0.2, 0) is 9.53 Å². The number of pyridine rings is 1. The maximum absolute atomic E-state index is 12.7. The molecule has 0 spiro atoms. The van der Waals surface area contributed by atoms with Gasteiger partial charge in [-0.25, -0.2) is 4.98 Å². The second kappa shape index (κ2) is 7.07. The normalized spacial score (nSPS) is 22.8. The molecule has 1 aromatic heterocycles. The van der Waals surface area contributed by atoms with Crippen LogP contribution in [0.25, 0.3) is 0 Å². The number of amides is 1. The first-order chi connectivity index (χ1) is 10.8. The molecule has 0 saturated carbocycles. The summed E-state index contributed by atoms with van der Waals surface area (Å²) in [6.45, 7) is 4.51. The molecule has 2 aliphatic heterocycles. The van der Waals surface area contributed by atoms with E-state index in [1.54, 1.807) is 0 Å². The lowest BCUT2D eigenvalue weighted by molar-refractivity contribution is -0.134. The molecule has 0 radical (unpaired) electrons. The Morgan fingerprint density at radius 1 is 1.41 bits per heavy atom. The third-order valence-corrected chi connectivity index (χ3v) is 4.46. The Morgan fingerprint density at radius 3 is 3.00 bits per heavy atom. The van der Waals surface area contributed by atoms with E-state index >= 15 is 0 Å². The van der Waals surface area contributed by atoms with Crippen LogP contribution in [0.15, 0.2) is 18.3 Å². The molecule has 6 nitrogen and oxygen atoms in total. The first-order valence-electron chi connectivity index (χ1n) is 8.01. The lowest BCUT2D eigenvalue weighted by Crippen LogP contribution is -2.44. The molecule has 1 amide bonds. The Bertz CT molecular complexity index is 517. The molecule has 120 valence electrons. The second-order valence-electron chi connectivity index (χ2n) is 5.86. The largest absolute Gasteiger partial charge is 0.379 e. The predicted molar refractivity (Wildman–Crippen MR) is 84.7 cm³/mol. The van der Waals surface area contributed by atoms with Crippen molar-refractivity contribution in [3.63, 3.8) is 0 Å². The van der Waals surface area contributed by atoms with E-state index in [0.29, 0.717) is 6.54 Å². The van der Waals surface area contributed by atoms with Crippen molar-refractivity contribution >= 4 is 11.7 Å². The van der Waals surface area contributed by atoms with Crippen LogP contribution in [0, 0.1) is 0 Å². The van der Waals surface area contributed by atoms with Crippen LogP contribution in [-0.4, -0.2) is 67.1 Å². The molecule has 0 aromatic carbocycles. The highest BCUT2D eigenvalue weighted by Crippen LogP contribution is 2.32. The quantitative estimate of drug-likeness (QED) is 0.903. The zero-order valence-electron chi connectivity index (χ0n) is 13.1. The number of aromatic nitrogens is 1. The summed E-state index contributed by atoms with van der Waals surface area (Å²) < 4.78 is 5.34. The lowest BCUT2D eigenvalue weighted by atomic mass is 10.1. The molecule has 2 fully saturated rings. The molecule has 0 bridgehead atoms. The van der Waals surface area contributed by atoms with Crippen LogP contribution in [0.1, 0.15) is 24.4 Å². The fraction of sp³-hybridized carbons (Fsp3) is 0.625. The predicted octanol–water partition coefficient (Wildman–Crippen LogP) is 1.12. The van der Waals surface area contributed by atoms with Crippen LogP contribution in [0.4, 0.5) is 5.82 Å². The molecule has 2 aliphatic rings. The summed E-state index contributed by atoms with van der Waals surface area (Å²) in [4.78, 5) is 21.1. The minimum atomic E-state index is 0.184. The van der Waals surface area contributed by atoms with E-state index in [2.05, 4.69) is 15.2 Å². The van der Waals surface area contributed by atoms with Crippen LogP contribution >= 0.6 is 0 Å². The van der Waals surface area contributed by atoms with Crippen molar-refractivity contribution in [2.45, 2.75) is 18.9 Å². The number of anilines is 1. The van der Waals surface area contributed by atoms with Gasteiger partial charge in [0, 0.05) is 32.9 Å². The molecule has 1 atom stereocenters. The van der Waals surface area contributed by atoms with E-state index in [9.17, 15) is 4.79 Å². The molecule has 1 unspecified atom stereocenters. The molecular weight excluding hydrogens is 280 g/mol. The fourth-order valence-corrected chi connectivity index (χ4v) is 3.24. The minimum absolute atomic E-state index is 0.184. The van der Waals surface area contributed by atoms with Crippen molar-refractivity contribution in [1.82, 2.24) is 14.8 Å². The second-order valence-corrected chi connectivity index (χ2v) is 5.86. The van der Waals surface area contributed by atoms with Gasteiger partial charge in [-0.15, -0.1) is 0 Å². The number of morpholine rings is 1. The number of ether oxygens (including phenoxy) is 1. The maximum atomic E-state index is 12.7. The molecule has 0 aliphatic carbocycles. The van der Waals surface area contributed by atoms with Gasteiger partial charge in [-0.05, 0) is 30.5 Å². The highest BCUT2D eigenvalue weighted by atomic mass is 16.5. The number of nitrogens with zero attached hydrogens (tertiary/aromatic N) is 3. The Labute approximate surface area is 131 Å². The summed E-state index contributed by atoms with van der Waals surface area (Å²) in [5.74, 6) is 1.08. The molecule has 22 heavy (non-hydrogen) atoms. The van der Waals surface area contributed by atoms with Gasteiger partial charge in [-0.1, -0.05) is 0 Å². The van der Waals surface area contributed by atoms with Gasteiger partial charge in [-0.3, -0.25) is 9.69 Å². The molecule has 1 N–H and O–H groups in total. The zero-order valence-corrected chi connectivity index (χ0v) is 13.1. The van der Waals surface area contributed by atoms with E-state index in [-0.39, 0.29) is 11.9 Å². The first kappa shape index (κ1) is 15.2. The van der Waals surface area contributed by atoms with E-state index < -0.39 is 0 Å². The number of carbonyl (C=O) groups is 1. The summed E-state index contributed by atoms with van der Waals surface area (Å²) in [7, 11) is 1.86. The molecule has 6 heteroatoms. The summed E-state index contributed by atoms with van der Waals surface area (Å²) in [5, 5.41) is 3.06. The van der Waals surface area contributed by atoms with Crippen molar-refractivity contribution in [1.29, 1.82) is 0 Å². The van der Waals surface area contributed by atoms with Gasteiger partial charge < -0.3 is 15.0 Å². The molecule has 2 saturated heterocycles. The van der Waals surface area contributed by atoms with Gasteiger partial charge in [0.1, 0.15) is 5.82 Å². The van der Waals surface area contributed by atoms with Crippen molar-refractivity contribution in [2.75, 3.05) is 51.8 Å². The standard InChI is InChI=1S/C16H24N4O2/c1-17-15-11-13(4-5-18-15)14-3-2-6-20(14)16(21)12-19-7-9-22-10-8-19/h4-5,11,14H,2-3,6-10,12H2,1H3,(H,17,18). The molecule has 1 aromatic rings. The van der Waals surface area contributed by atoms with Gasteiger partial charge in [0.2, 0.25) is 5.91 Å². The average Bonchev–Trinajstić information content (AvgIpc) is 3.05. The number of rotatable bonds is 4. The van der Waals surface area contributed by atoms with E-state index in [4.69, 9.17) is 4.74 Å². The first-order valence-corrected chi connectivity index (χ1v) is 8.01. The van der Waals surface area contributed by atoms with Gasteiger partial charge in [-0.2, -0.15) is 0 Å². The summed E-state index contributed by atoms with van der Waals surface area (Å²) >= 11 is 0. The topological polar surface area (TPSA) is 57.7 Å². The summed E-state index contributed by atoms with van der Waals surface area (Å²) in [5.41, 5.74) is 1.17. The highest BCUT2D eigenvalue weighted by molar-refractivity contribution is 5.79. The van der Waals surface area contributed by atoms with Crippen LogP contribution in [0.3, 0.4) is 0 Å². The Hall–Kier alpha value is -1.66. The Balaban J connectivity index is 1.67. The zero-order chi connectivity index (χ0) is 15.4. The van der Waals surface area contributed by atoms with Crippen molar-refractivity contribution < 1.29 is 9.53 Å². The number of likely N-dealkylation sites (tertiary alicyclic amines) is 1. The van der Waals surface area contributed by atoms with Gasteiger partial charge in [0.25, 0.3) is 0 Å². The molecule has 3 heterocycles. The Morgan fingerprint density at radius 2 is 2.23 bits per heavy atom. The van der Waals surface area contributed by atoms with Crippen molar-refractivity contribution in [2.24, 2.45) is 0 Å². The Kier molecular flexibility index (Phi) is 4.90. The summed E-state index contributed by atoms with van der Waals surface area (Å²) in [6.07, 6.45) is 3.91. The van der Waals surface area contributed by atoms with Crippen LogP contribution < -0.4 is 5.32 Å². The third kappa shape index (κ3) is 3.39. The van der Waals surface area contributed by atoms with Gasteiger partial charge in [0.05, 0.1) is 25.8 Å². The fourth-order valence-electron chi connectivity index (χ4n) is 3.24. The maximum Gasteiger partial charge on any atom is 0.237 e. The van der Waals surface area contributed by atoms with Crippen molar-refractivity contribution in [3.8, 4) is 0 Å². The number of nitrogens with one attached hydrogen (secondary N) is 1. The van der Waals surface area contributed by atoms with Crippen LogP contribution in [0.5, 0.6) is 0 Å². The smallest absolute Gasteiger partial charge is 0.237 e.